The zero-order valence-electron chi connectivity index (χ0n) is 11.8. The van der Waals surface area contributed by atoms with Crippen molar-refractivity contribution in [2.75, 3.05) is 5.32 Å². The highest BCUT2D eigenvalue weighted by molar-refractivity contribution is 5.47. The summed E-state index contributed by atoms with van der Waals surface area (Å²) in [7, 11) is 0. The van der Waals surface area contributed by atoms with Crippen molar-refractivity contribution in [1.82, 2.24) is 9.55 Å². The zero-order valence-corrected chi connectivity index (χ0v) is 11.8. The van der Waals surface area contributed by atoms with Crippen LogP contribution >= 0.6 is 0 Å². The fourth-order valence-corrected chi connectivity index (χ4v) is 3.58. The highest BCUT2D eigenvalue weighted by atomic mass is 15.2. The van der Waals surface area contributed by atoms with Crippen LogP contribution in [-0.4, -0.2) is 15.6 Å². The van der Waals surface area contributed by atoms with Gasteiger partial charge in [0.05, 0.1) is 0 Å². The van der Waals surface area contributed by atoms with Crippen molar-refractivity contribution in [3.8, 4) is 5.69 Å². The lowest BCUT2D eigenvalue weighted by molar-refractivity contribution is 0.740. The largest absolute Gasteiger partial charge is 0.353 e. The Kier molecular flexibility index (Phi) is 2.98. The van der Waals surface area contributed by atoms with Gasteiger partial charge in [-0.3, -0.25) is 4.57 Å². The van der Waals surface area contributed by atoms with E-state index in [-0.39, 0.29) is 0 Å². The molecule has 0 atom stereocenters. The minimum absolute atomic E-state index is 0.602. The lowest BCUT2D eigenvalue weighted by Crippen LogP contribution is -2.17. The van der Waals surface area contributed by atoms with Crippen molar-refractivity contribution < 1.29 is 0 Å². The molecule has 2 aliphatic rings. The van der Waals surface area contributed by atoms with Gasteiger partial charge >= 0.3 is 0 Å². The fourth-order valence-electron chi connectivity index (χ4n) is 3.58. The summed E-state index contributed by atoms with van der Waals surface area (Å²) in [5.41, 5.74) is 4.28. The van der Waals surface area contributed by atoms with Gasteiger partial charge in [0.1, 0.15) is 0 Å². The second-order valence-electron chi connectivity index (χ2n) is 6.05. The summed E-state index contributed by atoms with van der Waals surface area (Å²) in [6.07, 6.45) is 13.0. The van der Waals surface area contributed by atoms with Crippen LogP contribution in [0.25, 0.3) is 5.69 Å². The van der Waals surface area contributed by atoms with Gasteiger partial charge in [0.25, 0.3) is 0 Å². The third kappa shape index (κ3) is 2.11. The molecule has 0 saturated heterocycles. The van der Waals surface area contributed by atoms with Gasteiger partial charge in [-0.05, 0) is 55.4 Å². The number of aryl methyl sites for hydroxylation is 2. The lowest BCUT2D eigenvalue weighted by Gasteiger charge is -2.15. The molecule has 104 valence electrons. The van der Waals surface area contributed by atoms with E-state index >= 15 is 0 Å². The van der Waals surface area contributed by atoms with E-state index in [0.717, 1.165) is 5.95 Å². The van der Waals surface area contributed by atoms with Crippen LogP contribution in [0.15, 0.2) is 30.6 Å². The summed E-state index contributed by atoms with van der Waals surface area (Å²) < 4.78 is 2.19. The summed E-state index contributed by atoms with van der Waals surface area (Å²) in [5.74, 6) is 0.995. The monoisotopic (exact) mass is 267 g/mol. The number of anilines is 1. The second kappa shape index (κ2) is 4.97. The molecule has 0 spiro atoms. The number of rotatable bonds is 3. The summed E-state index contributed by atoms with van der Waals surface area (Å²) in [6.45, 7) is 0. The van der Waals surface area contributed by atoms with Gasteiger partial charge in [-0.25, -0.2) is 4.98 Å². The molecular formula is C17H21N3. The first kappa shape index (κ1) is 12.0. The molecule has 1 N–H and O–H groups in total. The Balaban J connectivity index is 1.63. The van der Waals surface area contributed by atoms with E-state index in [0.29, 0.717) is 6.04 Å². The van der Waals surface area contributed by atoms with Crippen molar-refractivity contribution in [2.45, 2.75) is 51.0 Å². The van der Waals surface area contributed by atoms with Gasteiger partial charge < -0.3 is 5.32 Å². The van der Waals surface area contributed by atoms with Crippen LogP contribution in [0.5, 0.6) is 0 Å². The van der Waals surface area contributed by atoms with E-state index in [1.165, 1.54) is 61.8 Å². The average molecular weight is 267 g/mol. The highest BCUT2D eigenvalue weighted by Crippen LogP contribution is 2.27. The SMILES string of the molecule is c1cn(-c2ccc3c(c2)CCC3)c(NC2CCCC2)n1. The van der Waals surface area contributed by atoms with Gasteiger partial charge in [0.15, 0.2) is 0 Å². The first-order chi connectivity index (χ1) is 9.90. The molecular weight excluding hydrogens is 246 g/mol. The standard InChI is InChI=1S/C17H21N3/c1-2-7-15(6-1)19-17-18-10-11-20(17)16-9-8-13-4-3-5-14(13)12-16/h8-12,15H,1-7H2,(H,18,19). The third-order valence-corrected chi connectivity index (χ3v) is 4.69. The Morgan fingerprint density at radius 2 is 1.90 bits per heavy atom. The summed E-state index contributed by atoms with van der Waals surface area (Å²) in [4.78, 5) is 4.50. The first-order valence-corrected chi connectivity index (χ1v) is 7.82. The first-order valence-electron chi connectivity index (χ1n) is 7.82. The normalized spacial score (nSPS) is 18.4. The van der Waals surface area contributed by atoms with Crippen LogP contribution in [0.3, 0.4) is 0 Å². The molecule has 3 heteroatoms. The van der Waals surface area contributed by atoms with Crippen LogP contribution in [0.4, 0.5) is 5.95 Å². The molecule has 2 aliphatic carbocycles. The van der Waals surface area contributed by atoms with Crippen molar-refractivity contribution in [3.63, 3.8) is 0 Å². The molecule has 2 aromatic rings. The number of nitrogens with zero attached hydrogens (tertiary/aromatic N) is 2. The number of fused-ring (bicyclic) bond motifs is 1. The van der Waals surface area contributed by atoms with Crippen molar-refractivity contribution in [3.05, 3.63) is 41.7 Å². The number of hydrogen-bond acceptors (Lipinski definition) is 2. The van der Waals surface area contributed by atoms with Gasteiger partial charge in [0.2, 0.25) is 5.95 Å². The molecule has 20 heavy (non-hydrogen) atoms. The van der Waals surface area contributed by atoms with E-state index in [2.05, 4.69) is 39.3 Å². The maximum absolute atomic E-state index is 4.50. The molecule has 1 heterocycles. The molecule has 1 aromatic heterocycles. The van der Waals surface area contributed by atoms with E-state index in [4.69, 9.17) is 0 Å². The van der Waals surface area contributed by atoms with Crippen LogP contribution in [0, 0.1) is 0 Å². The Morgan fingerprint density at radius 1 is 1.05 bits per heavy atom. The topological polar surface area (TPSA) is 29.9 Å². The smallest absolute Gasteiger partial charge is 0.207 e. The average Bonchev–Trinajstić information content (AvgIpc) is 3.19. The van der Waals surface area contributed by atoms with E-state index < -0.39 is 0 Å². The summed E-state index contributed by atoms with van der Waals surface area (Å²) in [6, 6.07) is 7.46. The number of nitrogens with one attached hydrogen (secondary N) is 1. The molecule has 0 radical (unpaired) electrons. The van der Waals surface area contributed by atoms with E-state index in [1.807, 2.05) is 6.20 Å². The van der Waals surface area contributed by atoms with Crippen LogP contribution in [0.2, 0.25) is 0 Å². The Bertz CT molecular complexity index is 608. The maximum atomic E-state index is 4.50. The number of hydrogen-bond donors (Lipinski definition) is 1. The molecule has 0 aliphatic heterocycles. The van der Waals surface area contributed by atoms with Crippen LogP contribution in [0.1, 0.15) is 43.2 Å². The van der Waals surface area contributed by atoms with E-state index in [9.17, 15) is 0 Å². The number of imidazole rings is 1. The van der Waals surface area contributed by atoms with Crippen molar-refractivity contribution in [2.24, 2.45) is 0 Å². The predicted octanol–water partition coefficient (Wildman–Crippen LogP) is 3.72. The van der Waals surface area contributed by atoms with Gasteiger partial charge in [-0.1, -0.05) is 18.9 Å². The summed E-state index contributed by atoms with van der Waals surface area (Å²) in [5, 5.41) is 3.61. The Morgan fingerprint density at radius 3 is 2.80 bits per heavy atom. The van der Waals surface area contributed by atoms with Gasteiger partial charge in [-0.15, -0.1) is 0 Å². The van der Waals surface area contributed by atoms with Gasteiger partial charge in [0, 0.05) is 24.1 Å². The number of benzene rings is 1. The Hall–Kier alpha value is -1.77. The molecule has 1 fully saturated rings. The van der Waals surface area contributed by atoms with Crippen molar-refractivity contribution in [1.29, 1.82) is 0 Å². The fraction of sp³-hybridized carbons (Fsp3) is 0.471. The molecule has 0 unspecified atom stereocenters. The molecule has 1 aromatic carbocycles. The van der Waals surface area contributed by atoms with Crippen LogP contribution < -0.4 is 5.32 Å². The van der Waals surface area contributed by atoms with Crippen molar-refractivity contribution >= 4 is 5.95 Å². The Labute approximate surface area is 120 Å². The van der Waals surface area contributed by atoms with E-state index in [1.54, 1.807) is 0 Å². The number of aromatic nitrogens is 2. The zero-order chi connectivity index (χ0) is 13.4. The molecule has 1 saturated carbocycles. The second-order valence-corrected chi connectivity index (χ2v) is 6.05. The quantitative estimate of drug-likeness (QED) is 0.918. The summed E-state index contributed by atoms with van der Waals surface area (Å²) >= 11 is 0. The molecule has 4 rings (SSSR count). The van der Waals surface area contributed by atoms with Crippen LogP contribution in [-0.2, 0) is 12.8 Å². The van der Waals surface area contributed by atoms with Gasteiger partial charge in [-0.2, -0.15) is 0 Å². The third-order valence-electron chi connectivity index (χ3n) is 4.69. The molecule has 0 bridgehead atoms. The lowest BCUT2D eigenvalue weighted by atomic mass is 10.1. The minimum Gasteiger partial charge on any atom is -0.353 e. The highest BCUT2D eigenvalue weighted by Gasteiger charge is 2.17. The molecule has 0 amide bonds. The maximum Gasteiger partial charge on any atom is 0.207 e. The molecule has 3 nitrogen and oxygen atoms in total. The predicted molar refractivity (Wildman–Crippen MR) is 81.5 cm³/mol. The minimum atomic E-state index is 0.602.